The molecule has 3 atom stereocenters. The van der Waals surface area contributed by atoms with E-state index >= 15 is 0 Å². The van der Waals surface area contributed by atoms with E-state index in [2.05, 4.69) is 4.98 Å². The zero-order valence-electron chi connectivity index (χ0n) is 13.6. The van der Waals surface area contributed by atoms with Gasteiger partial charge in [-0.2, -0.15) is 13.2 Å². The van der Waals surface area contributed by atoms with Crippen molar-refractivity contribution in [3.63, 3.8) is 0 Å². The Hall–Kier alpha value is -1.97. The van der Waals surface area contributed by atoms with Crippen molar-refractivity contribution in [3.05, 3.63) is 34.0 Å². The van der Waals surface area contributed by atoms with Gasteiger partial charge in [-0.25, -0.2) is 9.55 Å². The molecule has 1 saturated heterocycles. The van der Waals surface area contributed by atoms with E-state index in [0.717, 1.165) is 12.3 Å². The van der Waals surface area contributed by atoms with Crippen LogP contribution in [0.4, 0.5) is 13.2 Å². The molecule has 1 fully saturated rings. The predicted octanol–water partition coefficient (Wildman–Crippen LogP) is 3.18. The van der Waals surface area contributed by atoms with E-state index in [4.69, 9.17) is 16.3 Å². The first kappa shape index (κ1) is 17.4. The van der Waals surface area contributed by atoms with Crippen LogP contribution in [0.2, 0.25) is 5.02 Å². The molecule has 2 aliphatic rings. The van der Waals surface area contributed by atoms with Crippen LogP contribution in [0.15, 0.2) is 12.3 Å². The van der Waals surface area contributed by atoms with Crippen LogP contribution in [0.25, 0.3) is 5.82 Å². The number of aliphatic hydroxyl groups is 1. The van der Waals surface area contributed by atoms with Gasteiger partial charge in [0, 0.05) is 12.6 Å². The molecule has 0 unspecified atom stereocenters. The average molecular weight is 391 g/mol. The summed E-state index contributed by atoms with van der Waals surface area (Å²) in [6.45, 7) is 3.10. The molecule has 0 aliphatic carbocycles. The summed E-state index contributed by atoms with van der Waals surface area (Å²) in [6, 6.07) is 0.971. The van der Waals surface area contributed by atoms with E-state index in [1.165, 1.54) is 6.92 Å². The molecule has 3 N–H and O–H groups in total. The van der Waals surface area contributed by atoms with Crippen molar-refractivity contribution in [1.29, 1.82) is 0 Å². The number of fused-ring (bicyclic) bond motifs is 5. The molecule has 4 rings (SSSR count). The van der Waals surface area contributed by atoms with Crippen molar-refractivity contribution >= 4 is 11.6 Å². The maximum absolute atomic E-state index is 13.5. The second kappa shape index (κ2) is 4.85. The van der Waals surface area contributed by atoms with Crippen LogP contribution in [0, 0.1) is 0 Å². The van der Waals surface area contributed by atoms with E-state index < -0.39 is 51.6 Å². The molecule has 10 heteroatoms. The van der Waals surface area contributed by atoms with Crippen molar-refractivity contribution in [1.82, 2.24) is 9.55 Å². The number of aromatic hydroxyl groups is 2. The Balaban J connectivity index is 2.06. The van der Waals surface area contributed by atoms with Crippen molar-refractivity contribution in [2.75, 3.05) is 0 Å². The number of hydrogen-bond donors (Lipinski definition) is 3. The number of pyridine rings is 1. The molecule has 2 aromatic heterocycles. The molecular weight excluding hydrogens is 377 g/mol. The van der Waals surface area contributed by atoms with Gasteiger partial charge in [-0.15, -0.1) is 0 Å². The Labute approximate surface area is 150 Å². The summed E-state index contributed by atoms with van der Waals surface area (Å²) in [5.74, 6) is -2.06. The minimum atomic E-state index is -4.86. The van der Waals surface area contributed by atoms with Crippen LogP contribution in [0.5, 0.6) is 11.8 Å². The summed E-state index contributed by atoms with van der Waals surface area (Å²) in [5.41, 5.74) is -3.60. The third kappa shape index (κ3) is 1.93. The molecule has 0 aromatic carbocycles. The molecule has 2 bridgehead atoms. The van der Waals surface area contributed by atoms with Crippen molar-refractivity contribution in [3.8, 4) is 17.6 Å². The lowest BCUT2D eigenvalue weighted by atomic mass is 9.78. The number of aromatic nitrogens is 2. The van der Waals surface area contributed by atoms with Gasteiger partial charge in [-0.1, -0.05) is 11.6 Å². The number of nitrogens with zero attached hydrogens (tertiary/aromatic N) is 2. The fourth-order valence-electron chi connectivity index (χ4n) is 4.09. The van der Waals surface area contributed by atoms with Crippen LogP contribution >= 0.6 is 11.6 Å². The summed E-state index contributed by atoms with van der Waals surface area (Å²) in [5, 5.41) is 30.9. The van der Waals surface area contributed by atoms with E-state index in [0.29, 0.717) is 4.57 Å². The third-order valence-corrected chi connectivity index (χ3v) is 5.49. The highest BCUT2D eigenvalue weighted by Crippen LogP contribution is 2.64. The summed E-state index contributed by atoms with van der Waals surface area (Å²) < 4.78 is 46.8. The molecule has 4 heterocycles. The molecule has 2 aliphatic heterocycles. The lowest BCUT2D eigenvalue weighted by Gasteiger charge is -2.25. The summed E-state index contributed by atoms with van der Waals surface area (Å²) in [7, 11) is 0. The average Bonchev–Trinajstić information content (AvgIpc) is 2.99. The number of halogens is 4. The summed E-state index contributed by atoms with van der Waals surface area (Å²) in [6.07, 6.45) is -4.68. The fraction of sp³-hybridized carbons (Fsp3) is 0.438. The smallest absolute Gasteiger partial charge is 0.421 e. The topological polar surface area (TPSA) is 87.7 Å². The zero-order valence-corrected chi connectivity index (χ0v) is 14.4. The predicted molar refractivity (Wildman–Crippen MR) is 83.3 cm³/mol. The molecule has 6 nitrogen and oxygen atoms in total. The van der Waals surface area contributed by atoms with Crippen LogP contribution in [-0.4, -0.2) is 31.0 Å². The maximum Gasteiger partial charge on any atom is 0.421 e. The second-order valence-corrected chi connectivity index (χ2v) is 7.29. The zero-order chi connectivity index (χ0) is 19.2. The molecule has 0 spiro atoms. The van der Waals surface area contributed by atoms with Gasteiger partial charge < -0.3 is 20.1 Å². The quantitative estimate of drug-likeness (QED) is 0.696. The van der Waals surface area contributed by atoms with Crippen molar-refractivity contribution < 1.29 is 33.2 Å². The molecular formula is C16H14ClF3N2O4. The fourth-order valence-corrected chi connectivity index (χ4v) is 4.34. The molecule has 140 valence electrons. The Kier molecular flexibility index (Phi) is 3.25. The van der Waals surface area contributed by atoms with Crippen LogP contribution in [0.3, 0.4) is 0 Å². The van der Waals surface area contributed by atoms with Gasteiger partial charge in [0.05, 0.1) is 27.9 Å². The second-order valence-electron chi connectivity index (χ2n) is 6.88. The lowest BCUT2D eigenvalue weighted by Crippen LogP contribution is -2.32. The Morgan fingerprint density at radius 1 is 1.27 bits per heavy atom. The monoisotopic (exact) mass is 390 g/mol. The number of ether oxygens (including phenoxy) is 1. The van der Waals surface area contributed by atoms with Gasteiger partial charge in [0.1, 0.15) is 11.2 Å². The Morgan fingerprint density at radius 2 is 1.88 bits per heavy atom. The minimum absolute atomic E-state index is 0.0474. The van der Waals surface area contributed by atoms with E-state index in [9.17, 15) is 28.5 Å². The highest BCUT2D eigenvalue weighted by molar-refractivity contribution is 6.31. The standard InChI is InChI=1S/C16H14ClF3N2O4/c1-14-5-7(23)15(2,26-14)10-9(14)12(24)22(13(10)25)11-8(16(18,19)20)6(17)3-4-21-11/h3-4,7,23-25H,5H2,1-2H3/t7-,14+,15-/m0/s1. The van der Waals surface area contributed by atoms with E-state index in [-0.39, 0.29) is 17.5 Å². The number of rotatable bonds is 1. The third-order valence-electron chi connectivity index (χ3n) is 5.18. The van der Waals surface area contributed by atoms with Crippen LogP contribution < -0.4 is 0 Å². The normalized spacial score (nSPS) is 30.0. The molecule has 2 aromatic rings. The molecule has 0 saturated carbocycles. The van der Waals surface area contributed by atoms with Gasteiger partial charge in [-0.05, 0) is 19.9 Å². The van der Waals surface area contributed by atoms with Gasteiger partial charge in [0.25, 0.3) is 0 Å². The van der Waals surface area contributed by atoms with Crippen molar-refractivity contribution in [2.45, 2.75) is 43.8 Å². The number of hydrogen-bond acceptors (Lipinski definition) is 5. The first-order chi connectivity index (χ1) is 11.9. The molecule has 0 radical (unpaired) electrons. The number of aliphatic hydroxyl groups excluding tert-OH is 1. The first-order valence-corrected chi connectivity index (χ1v) is 8.07. The lowest BCUT2D eigenvalue weighted by molar-refractivity contribution is -0.137. The minimum Gasteiger partial charge on any atom is -0.494 e. The van der Waals surface area contributed by atoms with Gasteiger partial charge in [-0.3, -0.25) is 0 Å². The Bertz CT molecular complexity index is 945. The first-order valence-electron chi connectivity index (χ1n) is 7.69. The Morgan fingerprint density at radius 3 is 2.50 bits per heavy atom. The van der Waals surface area contributed by atoms with E-state index in [1.807, 2.05) is 0 Å². The number of alkyl halides is 3. The molecule has 0 amide bonds. The highest BCUT2D eigenvalue weighted by Gasteiger charge is 2.64. The molecule has 26 heavy (non-hydrogen) atoms. The van der Waals surface area contributed by atoms with Crippen molar-refractivity contribution in [2.24, 2.45) is 0 Å². The maximum atomic E-state index is 13.5. The van der Waals surface area contributed by atoms with Gasteiger partial charge >= 0.3 is 6.18 Å². The van der Waals surface area contributed by atoms with Crippen LogP contribution in [0.1, 0.15) is 37.0 Å². The van der Waals surface area contributed by atoms with E-state index in [1.54, 1.807) is 6.92 Å². The van der Waals surface area contributed by atoms with Gasteiger partial charge in [0.2, 0.25) is 11.8 Å². The highest BCUT2D eigenvalue weighted by atomic mass is 35.5. The largest absolute Gasteiger partial charge is 0.494 e. The summed E-state index contributed by atoms with van der Waals surface area (Å²) in [4.78, 5) is 3.68. The van der Waals surface area contributed by atoms with Gasteiger partial charge in [0.15, 0.2) is 5.82 Å². The van der Waals surface area contributed by atoms with Crippen LogP contribution in [-0.2, 0) is 22.1 Å². The summed E-state index contributed by atoms with van der Waals surface area (Å²) >= 11 is 5.71. The SMILES string of the molecule is C[C@]12C[C@H](O)[C@](C)(O1)c1c2c(O)n(-c2nccc(Cl)c2C(F)(F)F)c1O.